The molecule has 0 aliphatic carbocycles. The lowest BCUT2D eigenvalue weighted by atomic mass is 10.1. The molecule has 1 amide bonds. The maximum Gasteiger partial charge on any atom is 0.254 e. The van der Waals surface area contributed by atoms with Gasteiger partial charge in [0, 0.05) is 59.9 Å². The number of nitrogens with one attached hydrogen (secondary N) is 1. The number of fused-ring (bicyclic) bond motifs is 1. The lowest BCUT2D eigenvalue weighted by molar-refractivity contribution is 0.0628. The second-order valence-electron chi connectivity index (χ2n) is 8.53. The number of para-hydroxylation sites is 1. The maximum atomic E-state index is 14.9. The average Bonchev–Trinajstić information content (AvgIpc) is 2.89. The number of hydrogen-bond donors (Lipinski definition) is 1. The van der Waals surface area contributed by atoms with Crippen LogP contribution in [0.4, 0.5) is 10.1 Å². The van der Waals surface area contributed by atoms with Gasteiger partial charge in [-0.25, -0.2) is 4.39 Å². The standard InChI is InChI=1S/C27H23Cl2FN4OS/c28-21-8-6-20(22(29)16-21)17-33-11-13-34(14-12-33)27(35)19-7-9-24(23(30)15-19)32-36-25-5-1-3-18-4-2-10-31-26(18)25/h1-10,15-16,32H,11-14,17H2. The van der Waals surface area contributed by atoms with Crippen LogP contribution in [0.15, 0.2) is 77.8 Å². The lowest BCUT2D eigenvalue weighted by Crippen LogP contribution is -2.48. The predicted octanol–water partition coefficient (Wildman–Crippen LogP) is 6.76. The van der Waals surface area contributed by atoms with Crippen LogP contribution in [-0.2, 0) is 6.54 Å². The number of amides is 1. The van der Waals surface area contributed by atoms with Crippen molar-refractivity contribution in [1.82, 2.24) is 14.8 Å². The zero-order valence-corrected chi connectivity index (χ0v) is 21.6. The molecule has 1 aromatic heterocycles. The van der Waals surface area contributed by atoms with Gasteiger partial charge in [-0.05, 0) is 60.0 Å². The van der Waals surface area contributed by atoms with Gasteiger partial charge in [-0.2, -0.15) is 0 Å². The minimum absolute atomic E-state index is 0.171. The van der Waals surface area contributed by atoms with Crippen LogP contribution in [0.1, 0.15) is 15.9 Å². The van der Waals surface area contributed by atoms with E-state index in [1.165, 1.54) is 18.0 Å². The molecule has 9 heteroatoms. The Kier molecular flexibility index (Phi) is 7.62. The van der Waals surface area contributed by atoms with Gasteiger partial charge >= 0.3 is 0 Å². The molecule has 0 spiro atoms. The van der Waals surface area contributed by atoms with Gasteiger partial charge in [-0.15, -0.1) is 0 Å². The summed E-state index contributed by atoms with van der Waals surface area (Å²) >= 11 is 13.6. The summed E-state index contributed by atoms with van der Waals surface area (Å²) in [7, 11) is 0. The largest absolute Gasteiger partial charge is 0.336 e. The summed E-state index contributed by atoms with van der Waals surface area (Å²) in [6, 6.07) is 19.8. The number of rotatable bonds is 6. The summed E-state index contributed by atoms with van der Waals surface area (Å²) < 4.78 is 17.9. The average molecular weight is 541 g/mol. The van der Waals surface area contributed by atoms with Crippen molar-refractivity contribution in [3.05, 3.63) is 99.9 Å². The Hall–Kier alpha value is -2.84. The number of pyridine rings is 1. The fourth-order valence-electron chi connectivity index (χ4n) is 4.18. The number of piperazine rings is 1. The van der Waals surface area contributed by atoms with E-state index in [1.54, 1.807) is 29.3 Å². The molecule has 0 saturated carbocycles. The van der Waals surface area contributed by atoms with Crippen molar-refractivity contribution in [3.63, 3.8) is 0 Å². The van der Waals surface area contributed by atoms with Gasteiger partial charge in [0.15, 0.2) is 0 Å². The van der Waals surface area contributed by atoms with E-state index in [2.05, 4.69) is 14.6 Å². The summed E-state index contributed by atoms with van der Waals surface area (Å²) in [5.41, 5.74) is 2.50. The zero-order valence-electron chi connectivity index (χ0n) is 19.3. The highest BCUT2D eigenvalue weighted by Crippen LogP contribution is 2.29. The van der Waals surface area contributed by atoms with Gasteiger partial charge in [0.05, 0.1) is 16.1 Å². The van der Waals surface area contributed by atoms with Crippen LogP contribution in [0.2, 0.25) is 10.0 Å². The lowest BCUT2D eigenvalue weighted by Gasteiger charge is -2.35. The zero-order chi connectivity index (χ0) is 25.1. The third-order valence-corrected chi connectivity index (χ3v) is 7.61. The van der Waals surface area contributed by atoms with Crippen LogP contribution in [-0.4, -0.2) is 46.9 Å². The molecule has 0 radical (unpaired) electrons. The SMILES string of the molecule is O=C(c1ccc(NSc2cccc3cccnc23)c(F)c1)N1CCN(Cc2ccc(Cl)cc2Cl)CC1. The van der Waals surface area contributed by atoms with Crippen molar-refractivity contribution in [1.29, 1.82) is 0 Å². The van der Waals surface area contributed by atoms with Crippen molar-refractivity contribution in [2.75, 3.05) is 30.9 Å². The molecule has 1 aliphatic rings. The molecule has 5 nitrogen and oxygen atoms in total. The van der Waals surface area contributed by atoms with E-state index >= 15 is 0 Å². The number of anilines is 1. The van der Waals surface area contributed by atoms with Crippen molar-refractivity contribution in [3.8, 4) is 0 Å². The normalized spacial score (nSPS) is 14.2. The maximum absolute atomic E-state index is 14.9. The first-order valence-corrected chi connectivity index (χ1v) is 13.1. The Labute approximate surface area is 223 Å². The summed E-state index contributed by atoms with van der Waals surface area (Å²) in [6.45, 7) is 3.24. The van der Waals surface area contributed by atoms with Gasteiger partial charge in [0.25, 0.3) is 5.91 Å². The molecule has 4 aromatic rings. The van der Waals surface area contributed by atoms with Crippen LogP contribution in [0, 0.1) is 5.82 Å². The minimum atomic E-state index is -0.474. The van der Waals surface area contributed by atoms with Crippen LogP contribution in [0.3, 0.4) is 0 Å². The summed E-state index contributed by atoms with van der Waals surface area (Å²) in [6.07, 6.45) is 1.74. The van der Waals surface area contributed by atoms with E-state index in [4.69, 9.17) is 23.2 Å². The second-order valence-corrected chi connectivity index (χ2v) is 10.2. The highest BCUT2D eigenvalue weighted by molar-refractivity contribution is 8.00. The molecular formula is C27H23Cl2FN4OS. The van der Waals surface area contributed by atoms with Gasteiger partial charge in [0.1, 0.15) is 5.82 Å². The van der Waals surface area contributed by atoms with Crippen LogP contribution >= 0.6 is 35.1 Å². The highest BCUT2D eigenvalue weighted by Gasteiger charge is 2.23. The van der Waals surface area contributed by atoms with Gasteiger partial charge in [-0.3, -0.25) is 14.7 Å². The molecule has 1 N–H and O–H groups in total. The molecule has 1 fully saturated rings. The van der Waals surface area contributed by atoms with E-state index in [0.717, 1.165) is 21.4 Å². The number of carbonyl (C=O) groups excluding carboxylic acids is 1. The Morgan fingerprint density at radius 3 is 2.58 bits per heavy atom. The molecule has 5 rings (SSSR count). The third-order valence-electron chi connectivity index (χ3n) is 6.15. The Balaban J connectivity index is 1.18. The first kappa shape index (κ1) is 24.8. The Morgan fingerprint density at radius 2 is 1.81 bits per heavy atom. The molecular weight excluding hydrogens is 518 g/mol. The van der Waals surface area contributed by atoms with Gasteiger partial charge < -0.3 is 9.62 Å². The number of carbonyl (C=O) groups is 1. The van der Waals surface area contributed by atoms with E-state index in [0.29, 0.717) is 54.0 Å². The molecule has 184 valence electrons. The topological polar surface area (TPSA) is 48.5 Å². The van der Waals surface area contributed by atoms with Gasteiger partial charge in [-0.1, -0.05) is 47.5 Å². The molecule has 1 saturated heterocycles. The fourth-order valence-corrected chi connectivity index (χ4v) is 5.45. The number of halogens is 3. The molecule has 1 aliphatic heterocycles. The smallest absolute Gasteiger partial charge is 0.254 e. The minimum Gasteiger partial charge on any atom is -0.336 e. The predicted molar refractivity (Wildman–Crippen MR) is 145 cm³/mol. The number of aromatic nitrogens is 1. The van der Waals surface area contributed by atoms with Gasteiger partial charge in [0.2, 0.25) is 0 Å². The molecule has 0 atom stereocenters. The summed E-state index contributed by atoms with van der Waals surface area (Å²) in [5, 5.41) is 2.26. The molecule has 0 unspecified atom stereocenters. The quantitative estimate of drug-likeness (QED) is 0.274. The number of benzene rings is 3. The molecule has 0 bridgehead atoms. The highest BCUT2D eigenvalue weighted by atomic mass is 35.5. The van der Waals surface area contributed by atoms with Crippen molar-refractivity contribution in [2.45, 2.75) is 11.4 Å². The van der Waals surface area contributed by atoms with E-state index in [-0.39, 0.29) is 5.91 Å². The van der Waals surface area contributed by atoms with E-state index in [1.807, 2.05) is 42.5 Å². The first-order chi connectivity index (χ1) is 17.5. The van der Waals surface area contributed by atoms with Crippen molar-refractivity contribution in [2.24, 2.45) is 0 Å². The monoisotopic (exact) mass is 540 g/mol. The third kappa shape index (κ3) is 5.60. The fraction of sp³-hybridized carbons (Fsp3) is 0.185. The second kappa shape index (κ2) is 11.0. The van der Waals surface area contributed by atoms with Crippen LogP contribution in [0.5, 0.6) is 0 Å². The van der Waals surface area contributed by atoms with Crippen LogP contribution < -0.4 is 4.72 Å². The van der Waals surface area contributed by atoms with E-state index in [9.17, 15) is 9.18 Å². The first-order valence-electron chi connectivity index (χ1n) is 11.5. The van der Waals surface area contributed by atoms with E-state index < -0.39 is 5.82 Å². The summed E-state index contributed by atoms with van der Waals surface area (Å²) in [5.74, 6) is -0.645. The van der Waals surface area contributed by atoms with Crippen molar-refractivity contribution >= 4 is 57.6 Å². The molecule has 2 heterocycles. The number of hydrogen-bond acceptors (Lipinski definition) is 5. The molecule has 3 aromatic carbocycles. The number of nitrogens with zero attached hydrogens (tertiary/aromatic N) is 3. The Morgan fingerprint density at radius 1 is 1.00 bits per heavy atom. The summed E-state index contributed by atoms with van der Waals surface area (Å²) in [4.78, 5) is 22.3. The molecule has 36 heavy (non-hydrogen) atoms. The van der Waals surface area contributed by atoms with Crippen LogP contribution in [0.25, 0.3) is 10.9 Å². The Bertz CT molecular complexity index is 1410. The van der Waals surface area contributed by atoms with Crippen molar-refractivity contribution < 1.29 is 9.18 Å².